The van der Waals surface area contributed by atoms with Crippen molar-refractivity contribution in [1.82, 2.24) is 9.88 Å². The van der Waals surface area contributed by atoms with Crippen molar-refractivity contribution < 1.29 is 4.74 Å². The maximum absolute atomic E-state index is 6.12. The Morgan fingerprint density at radius 2 is 2.30 bits per heavy atom. The van der Waals surface area contributed by atoms with Gasteiger partial charge in [-0.3, -0.25) is 9.88 Å². The van der Waals surface area contributed by atoms with Crippen LogP contribution in [0.5, 0.6) is 0 Å². The van der Waals surface area contributed by atoms with Crippen molar-refractivity contribution in [2.24, 2.45) is 5.73 Å². The number of fused-ring (bicyclic) bond motifs is 1. The summed E-state index contributed by atoms with van der Waals surface area (Å²) in [6.45, 7) is 4.61. The van der Waals surface area contributed by atoms with Crippen molar-refractivity contribution in [2.75, 3.05) is 19.7 Å². The van der Waals surface area contributed by atoms with Gasteiger partial charge in [0.2, 0.25) is 0 Å². The molecule has 1 aromatic heterocycles. The predicted octanol–water partition coefficient (Wildman–Crippen LogP) is 2.03. The maximum atomic E-state index is 6.12. The lowest BCUT2D eigenvalue weighted by Gasteiger charge is -2.47. The van der Waals surface area contributed by atoms with Crippen LogP contribution in [-0.2, 0) is 4.74 Å². The molecule has 0 spiro atoms. The Kier molecular flexibility index (Phi) is 4.34. The van der Waals surface area contributed by atoms with E-state index in [2.05, 4.69) is 22.9 Å². The fraction of sp³-hybridized carbons (Fsp3) is 0.688. The molecule has 2 N–H and O–H groups in total. The Labute approximate surface area is 121 Å². The minimum atomic E-state index is 0.276. The van der Waals surface area contributed by atoms with E-state index >= 15 is 0 Å². The predicted molar refractivity (Wildman–Crippen MR) is 79.5 cm³/mol. The smallest absolute Gasteiger partial charge is 0.0731 e. The first-order chi connectivity index (χ1) is 9.81. The van der Waals surface area contributed by atoms with Crippen molar-refractivity contribution in [2.45, 2.75) is 50.8 Å². The number of hydrogen-bond acceptors (Lipinski definition) is 4. The lowest BCUT2D eigenvalue weighted by molar-refractivity contribution is -0.102. The molecule has 0 aromatic carbocycles. The third kappa shape index (κ3) is 2.60. The Balaban J connectivity index is 1.86. The highest BCUT2D eigenvalue weighted by atomic mass is 16.5. The highest BCUT2D eigenvalue weighted by Gasteiger charge is 2.37. The molecule has 0 bridgehead atoms. The lowest BCUT2D eigenvalue weighted by atomic mass is 9.88. The molecule has 2 heterocycles. The van der Waals surface area contributed by atoms with Crippen LogP contribution in [0.4, 0.5) is 0 Å². The summed E-state index contributed by atoms with van der Waals surface area (Å²) in [6.07, 6.45) is 9.29. The molecular weight excluding hydrogens is 250 g/mol. The molecule has 1 saturated heterocycles. The fourth-order valence-electron chi connectivity index (χ4n) is 3.78. The van der Waals surface area contributed by atoms with Gasteiger partial charge >= 0.3 is 0 Å². The Morgan fingerprint density at radius 3 is 3.10 bits per heavy atom. The summed E-state index contributed by atoms with van der Waals surface area (Å²) in [7, 11) is 0. The first-order valence-corrected chi connectivity index (χ1v) is 7.79. The SMILES string of the molecule is Cc1ccncc1C(CN)N1CCOC2CCCCC21. The molecule has 110 valence electrons. The van der Waals surface area contributed by atoms with Crippen molar-refractivity contribution in [3.05, 3.63) is 29.6 Å². The zero-order valence-corrected chi connectivity index (χ0v) is 12.3. The third-order valence-electron chi connectivity index (χ3n) is 4.84. The zero-order chi connectivity index (χ0) is 13.9. The highest BCUT2D eigenvalue weighted by molar-refractivity contribution is 5.26. The van der Waals surface area contributed by atoms with E-state index in [4.69, 9.17) is 10.5 Å². The number of hydrogen-bond donors (Lipinski definition) is 1. The second kappa shape index (κ2) is 6.20. The van der Waals surface area contributed by atoms with E-state index < -0.39 is 0 Å². The molecule has 2 fully saturated rings. The summed E-state index contributed by atoms with van der Waals surface area (Å²) in [6, 6.07) is 2.89. The molecule has 3 atom stereocenters. The van der Waals surface area contributed by atoms with Crippen LogP contribution in [0.2, 0.25) is 0 Å². The molecule has 3 unspecified atom stereocenters. The summed E-state index contributed by atoms with van der Waals surface area (Å²) in [4.78, 5) is 6.88. The molecule has 1 aromatic rings. The number of ether oxygens (including phenoxy) is 1. The van der Waals surface area contributed by atoms with E-state index in [0.717, 1.165) is 13.2 Å². The first kappa shape index (κ1) is 14.0. The van der Waals surface area contributed by atoms with Crippen LogP contribution in [0.15, 0.2) is 18.5 Å². The van der Waals surface area contributed by atoms with Gasteiger partial charge in [-0.15, -0.1) is 0 Å². The van der Waals surface area contributed by atoms with Crippen molar-refractivity contribution in [1.29, 1.82) is 0 Å². The maximum Gasteiger partial charge on any atom is 0.0731 e. The van der Waals surface area contributed by atoms with Crippen LogP contribution in [0.3, 0.4) is 0 Å². The van der Waals surface area contributed by atoms with Gasteiger partial charge in [-0.1, -0.05) is 12.8 Å². The minimum absolute atomic E-state index is 0.276. The molecule has 1 saturated carbocycles. The average molecular weight is 275 g/mol. The van der Waals surface area contributed by atoms with Gasteiger partial charge in [-0.2, -0.15) is 0 Å². The molecule has 1 aliphatic heterocycles. The number of rotatable bonds is 3. The molecule has 1 aliphatic carbocycles. The monoisotopic (exact) mass is 275 g/mol. The van der Waals surface area contributed by atoms with Gasteiger partial charge in [0.25, 0.3) is 0 Å². The number of pyridine rings is 1. The second-order valence-corrected chi connectivity index (χ2v) is 5.98. The normalized spacial score (nSPS) is 28.9. The summed E-state index contributed by atoms with van der Waals surface area (Å²) in [5.74, 6) is 0. The van der Waals surface area contributed by atoms with Crippen LogP contribution in [-0.4, -0.2) is 41.7 Å². The largest absolute Gasteiger partial charge is 0.375 e. The van der Waals surface area contributed by atoms with Crippen molar-refractivity contribution >= 4 is 0 Å². The van der Waals surface area contributed by atoms with E-state index in [-0.39, 0.29) is 6.04 Å². The molecule has 3 rings (SSSR count). The summed E-state index contributed by atoms with van der Waals surface area (Å²) in [5, 5.41) is 0. The van der Waals surface area contributed by atoms with Crippen molar-refractivity contribution in [3.8, 4) is 0 Å². The van der Waals surface area contributed by atoms with E-state index in [9.17, 15) is 0 Å². The molecular formula is C16H25N3O. The van der Waals surface area contributed by atoms with Crippen molar-refractivity contribution in [3.63, 3.8) is 0 Å². The van der Waals surface area contributed by atoms with Crippen LogP contribution in [0.25, 0.3) is 0 Å². The first-order valence-electron chi connectivity index (χ1n) is 7.79. The molecule has 4 heteroatoms. The van der Waals surface area contributed by atoms with E-state index in [1.165, 1.54) is 36.8 Å². The Bertz CT molecular complexity index is 449. The molecule has 20 heavy (non-hydrogen) atoms. The number of aryl methyl sites for hydroxylation is 1. The third-order valence-corrected chi connectivity index (χ3v) is 4.84. The zero-order valence-electron chi connectivity index (χ0n) is 12.3. The number of nitrogens with zero attached hydrogens (tertiary/aromatic N) is 2. The van der Waals surface area contributed by atoms with Crippen LogP contribution in [0, 0.1) is 6.92 Å². The highest BCUT2D eigenvalue weighted by Crippen LogP contribution is 2.34. The Hall–Kier alpha value is -0.970. The summed E-state index contributed by atoms with van der Waals surface area (Å²) >= 11 is 0. The fourth-order valence-corrected chi connectivity index (χ4v) is 3.78. The second-order valence-electron chi connectivity index (χ2n) is 5.98. The molecule has 0 radical (unpaired) electrons. The standard InChI is InChI=1S/C16H25N3O/c1-12-6-7-18-11-13(12)15(10-17)19-8-9-20-16-5-3-2-4-14(16)19/h6-7,11,14-16H,2-5,8-10,17H2,1H3. The lowest BCUT2D eigenvalue weighted by Crippen LogP contribution is -2.55. The number of nitrogens with two attached hydrogens (primary N) is 1. The van der Waals surface area contributed by atoms with Gasteiger partial charge in [0, 0.05) is 37.6 Å². The molecule has 4 nitrogen and oxygen atoms in total. The number of morpholine rings is 1. The summed E-state index contributed by atoms with van der Waals surface area (Å²) < 4.78 is 5.97. The van der Waals surface area contributed by atoms with Gasteiger partial charge < -0.3 is 10.5 Å². The van der Waals surface area contributed by atoms with Crippen LogP contribution in [0.1, 0.15) is 42.9 Å². The van der Waals surface area contributed by atoms with E-state index in [0.29, 0.717) is 18.7 Å². The van der Waals surface area contributed by atoms with Gasteiger partial charge in [0.1, 0.15) is 0 Å². The minimum Gasteiger partial charge on any atom is -0.375 e. The van der Waals surface area contributed by atoms with Gasteiger partial charge in [-0.05, 0) is 37.0 Å². The van der Waals surface area contributed by atoms with Crippen LogP contribution >= 0.6 is 0 Å². The van der Waals surface area contributed by atoms with Gasteiger partial charge in [-0.25, -0.2) is 0 Å². The van der Waals surface area contributed by atoms with Gasteiger partial charge in [0.15, 0.2) is 0 Å². The Morgan fingerprint density at radius 1 is 1.45 bits per heavy atom. The quantitative estimate of drug-likeness (QED) is 0.917. The summed E-state index contributed by atoms with van der Waals surface area (Å²) in [5.41, 5.74) is 8.68. The van der Waals surface area contributed by atoms with Gasteiger partial charge in [0.05, 0.1) is 12.7 Å². The molecule has 2 aliphatic rings. The van der Waals surface area contributed by atoms with Crippen LogP contribution < -0.4 is 5.73 Å². The topological polar surface area (TPSA) is 51.4 Å². The van der Waals surface area contributed by atoms with E-state index in [1.807, 2.05) is 12.4 Å². The molecule has 0 amide bonds. The average Bonchev–Trinajstić information content (AvgIpc) is 2.50. The van der Waals surface area contributed by atoms with E-state index in [1.54, 1.807) is 0 Å². The number of aromatic nitrogens is 1.